The van der Waals surface area contributed by atoms with E-state index in [1.807, 2.05) is 0 Å². The van der Waals surface area contributed by atoms with Gasteiger partial charge in [-0.15, -0.1) is 0 Å². The minimum absolute atomic E-state index is 0.269. The van der Waals surface area contributed by atoms with Crippen LogP contribution in [0.1, 0.15) is 0 Å². The Labute approximate surface area is 81.6 Å². The van der Waals surface area contributed by atoms with E-state index < -0.39 is 26.8 Å². The van der Waals surface area contributed by atoms with Crippen molar-refractivity contribution in [1.82, 2.24) is 0 Å². The van der Waals surface area contributed by atoms with Crippen LogP contribution in [0, 0.1) is 0 Å². The predicted octanol–water partition coefficient (Wildman–Crippen LogP) is 3.02. The van der Waals surface area contributed by atoms with Gasteiger partial charge in [-0.3, -0.25) is 4.79 Å². The fraction of sp³-hybridized carbons (Fsp3) is 0.167. The number of hydrogen-bond donors (Lipinski definition) is 0. The Kier molecular flexibility index (Phi) is 2.47. The molecule has 0 aliphatic heterocycles. The third kappa shape index (κ3) is 1.49. The van der Waals surface area contributed by atoms with Gasteiger partial charge in [0.1, 0.15) is 10.1 Å². The second kappa shape index (κ2) is 2.98. The first-order chi connectivity index (χ1) is 5.36. The van der Waals surface area contributed by atoms with Gasteiger partial charge in [-0.05, 0) is 0 Å². The van der Waals surface area contributed by atoms with E-state index in [1.54, 1.807) is 0 Å². The van der Waals surface area contributed by atoms with Crippen molar-refractivity contribution >= 4 is 40.6 Å². The van der Waals surface area contributed by atoms with Crippen LogP contribution in [0.15, 0.2) is 21.2 Å². The van der Waals surface area contributed by atoms with Crippen molar-refractivity contribution in [3.05, 3.63) is 21.2 Å². The molecule has 0 saturated heterocycles. The molecule has 0 spiro atoms. The number of alkyl halides is 2. The summed E-state index contributed by atoms with van der Waals surface area (Å²) in [5, 5.41) is -2.33. The second-order valence-electron chi connectivity index (χ2n) is 2.07. The molecule has 0 bridgehead atoms. The first kappa shape index (κ1) is 9.96. The lowest BCUT2D eigenvalue weighted by Crippen LogP contribution is -2.22. The summed E-state index contributed by atoms with van der Waals surface area (Å²) in [7, 11) is 0. The maximum absolute atomic E-state index is 12.7. The van der Waals surface area contributed by atoms with E-state index in [0.717, 1.165) is 0 Å². The number of allylic oxidation sites excluding steroid dienone is 4. The van der Waals surface area contributed by atoms with Crippen LogP contribution in [-0.4, -0.2) is 11.7 Å². The molecule has 0 radical (unpaired) electrons. The fourth-order valence-electron chi connectivity index (χ4n) is 0.639. The summed E-state index contributed by atoms with van der Waals surface area (Å²) in [4.78, 5) is 10.8. The lowest BCUT2D eigenvalue weighted by Gasteiger charge is -2.16. The molecule has 0 aromatic rings. The number of hydrogen-bond acceptors (Lipinski definition) is 1. The molecule has 6 heteroatoms. The molecule has 0 N–H and O–H groups in total. The van der Waals surface area contributed by atoms with E-state index in [2.05, 4.69) is 0 Å². The van der Waals surface area contributed by atoms with E-state index >= 15 is 0 Å². The molecule has 0 fully saturated rings. The molecule has 0 amide bonds. The molecule has 66 valence electrons. The standard InChI is InChI=1S/C6HCl3F2O/c7-2-1-6(10,11)5(9)3(8)4(2)12/h1H. The summed E-state index contributed by atoms with van der Waals surface area (Å²) in [6.45, 7) is 0. The van der Waals surface area contributed by atoms with E-state index in [9.17, 15) is 13.6 Å². The number of rotatable bonds is 0. The smallest absolute Gasteiger partial charge is 0.287 e. The highest BCUT2D eigenvalue weighted by Gasteiger charge is 2.40. The van der Waals surface area contributed by atoms with Crippen molar-refractivity contribution in [3.8, 4) is 0 Å². The summed E-state index contributed by atoms with van der Waals surface area (Å²) in [6.07, 6.45) is 0.269. The highest BCUT2D eigenvalue weighted by atomic mass is 35.5. The average molecular weight is 233 g/mol. The zero-order valence-electron chi connectivity index (χ0n) is 5.38. The number of carbonyl (C=O) groups excluding carboxylic acids is 1. The number of Topliss-reactive ketones (excluding diaryl/α,β-unsaturated/α-hetero) is 1. The SMILES string of the molecule is O=C1C(Cl)=CC(F)(F)C(Cl)=C1Cl. The molecule has 1 nitrogen and oxygen atoms in total. The average Bonchev–Trinajstić information content (AvgIpc) is 1.97. The number of carbonyl (C=O) groups is 1. The lowest BCUT2D eigenvalue weighted by molar-refractivity contribution is -0.111. The van der Waals surface area contributed by atoms with Gasteiger partial charge in [0.15, 0.2) is 0 Å². The molecule has 1 rings (SSSR count). The molecule has 0 atom stereocenters. The van der Waals surface area contributed by atoms with Gasteiger partial charge in [0, 0.05) is 6.08 Å². The summed E-state index contributed by atoms with van der Waals surface area (Å²) in [5.41, 5.74) is 0. The fourth-order valence-corrected chi connectivity index (χ4v) is 1.29. The quantitative estimate of drug-likeness (QED) is 0.628. The lowest BCUT2D eigenvalue weighted by atomic mass is 10.1. The van der Waals surface area contributed by atoms with Crippen LogP contribution in [0.3, 0.4) is 0 Å². The molecule has 0 aromatic carbocycles. The molecule has 0 unspecified atom stereocenters. The van der Waals surface area contributed by atoms with Crippen LogP contribution in [-0.2, 0) is 4.79 Å². The topological polar surface area (TPSA) is 17.1 Å². The van der Waals surface area contributed by atoms with Crippen molar-refractivity contribution in [2.45, 2.75) is 5.92 Å². The summed E-state index contributed by atoms with van der Waals surface area (Å²) >= 11 is 15.4. The van der Waals surface area contributed by atoms with Crippen molar-refractivity contribution in [2.24, 2.45) is 0 Å². The van der Waals surface area contributed by atoms with Crippen LogP contribution in [0.25, 0.3) is 0 Å². The third-order valence-corrected chi connectivity index (χ3v) is 2.39. The van der Waals surface area contributed by atoms with Gasteiger partial charge >= 0.3 is 5.92 Å². The second-order valence-corrected chi connectivity index (χ2v) is 3.24. The summed E-state index contributed by atoms with van der Waals surface area (Å²) in [6, 6.07) is 0. The van der Waals surface area contributed by atoms with Gasteiger partial charge in [-0.25, -0.2) is 0 Å². The minimum atomic E-state index is -3.44. The van der Waals surface area contributed by atoms with Gasteiger partial charge < -0.3 is 0 Å². The van der Waals surface area contributed by atoms with Crippen molar-refractivity contribution < 1.29 is 13.6 Å². The Morgan fingerprint density at radius 2 is 1.75 bits per heavy atom. The van der Waals surface area contributed by atoms with Crippen LogP contribution >= 0.6 is 34.8 Å². The Morgan fingerprint density at radius 1 is 1.25 bits per heavy atom. The normalized spacial score (nSPS) is 22.8. The molecule has 12 heavy (non-hydrogen) atoms. The van der Waals surface area contributed by atoms with Gasteiger partial charge in [0.05, 0.1) is 5.03 Å². The van der Waals surface area contributed by atoms with Crippen molar-refractivity contribution in [3.63, 3.8) is 0 Å². The monoisotopic (exact) mass is 232 g/mol. The first-order valence-corrected chi connectivity index (χ1v) is 3.86. The molecular weight excluding hydrogens is 232 g/mol. The van der Waals surface area contributed by atoms with Crippen LogP contribution in [0.2, 0.25) is 0 Å². The highest BCUT2D eigenvalue weighted by Crippen LogP contribution is 2.39. The van der Waals surface area contributed by atoms with Crippen molar-refractivity contribution in [1.29, 1.82) is 0 Å². The summed E-state index contributed by atoms with van der Waals surface area (Å²) in [5.74, 6) is -4.32. The molecule has 0 aromatic heterocycles. The van der Waals surface area contributed by atoms with Gasteiger partial charge in [-0.2, -0.15) is 8.78 Å². The van der Waals surface area contributed by atoms with Crippen molar-refractivity contribution in [2.75, 3.05) is 0 Å². The number of ketones is 1. The zero-order valence-corrected chi connectivity index (χ0v) is 7.64. The van der Waals surface area contributed by atoms with Gasteiger partial charge in [-0.1, -0.05) is 34.8 Å². The maximum Gasteiger partial charge on any atom is 0.305 e. The van der Waals surface area contributed by atoms with Crippen LogP contribution < -0.4 is 0 Å². The Hall–Kier alpha value is -0.120. The molecule has 0 saturated carbocycles. The molecule has 1 aliphatic carbocycles. The molecular formula is C6HCl3F2O. The zero-order chi connectivity index (χ0) is 9.52. The van der Waals surface area contributed by atoms with E-state index in [0.29, 0.717) is 0 Å². The van der Waals surface area contributed by atoms with E-state index in [4.69, 9.17) is 34.8 Å². The largest absolute Gasteiger partial charge is 0.305 e. The Morgan fingerprint density at radius 3 is 2.25 bits per heavy atom. The molecule has 0 heterocycles. The maximum atomic E-state index is 12.7. The Bertz CT molecular complexity index is 306. The number of halogens is 5. The Balaban J connectivity index is 3.24. The van der Waals surface area contributed by atoms with E-state index in [1.165, 1.54) is 0 Å². The highest BCUT2D eigenvalue weighted by molar-refractivity contribution is 6.58. The predicted molar refractivity (Wildman–Crippen MR) is 42.6 cm³/mol. The third-order valence-electron chi connectivity index (χ3n) is 1.21. The van der Waals surface area contributed by atoms with Crippen LogP contribution in [0.5, 0.6) is 0 Å². The van der Waals surface area contributed by atoms with Crippen LogP contribution in [0.4, 0.5) is 8.78 Å². The van der Waals surface area contributed by atoms with Gasteiger partial charge in [0.2, 0.25) is 5.78 Å². The van der Waals surface area contributed by atoms with Gasteiger partial charge in [0.25, 0.3) is 0 Å². The van der Waals surface area contributed by atoms with E-state index in [-0.39, 0.29) is 6.08 Å². The summed E-state index contributed by atoms with van der Waals surface area (Å²) < 4.78 is 25.4. The first-order valence-electron chi connectivity index (χ1n) is 2.73. The molecule has 1 aliphatic rings. The minimum Gasteiger partial charge on any atom is -0.287 e.